The second-order valence-corrected chi connectivity index (χ2v) is 10.1. The predicted octanol–water partition coefficient (Wildman–Crippen LogP) is 3.74. The van der Waals surface area contributed by atoms with Gasteiger partial charge in [-0.1, -0.05) is 6.07 Å². The third-order valence-corrected chi connectivity index (χ3v) is 8.46. The number of hydrogen-bond acceptors (Lipinski definition) is 5. The number of rotatable bonds is 4. The topological polar surface area (TPSA) is 111 Å². The highest BCUT2D eigenvalue weighted by atomic mass is 16.1. The van der Waals surface area contributed by atoms with Crippen molar-refractivity contribution in [2.75, 3.05) is 5.32 Å². The molecule has 2 atom stereocenters. The Labute approximate surface area is 195 Å². The van der Waals surface area contributed by atoms with E-state index in [-0.39, 0.29) is 24.2 Å². The van der Waals surface area contributed by atoms with Gasteiger partial charge in [0.1, 0.15) is 11.8 Å². The molecule has 34 heavy (non-hydrogen) atoms. The number of nitrogens with one attached hydrogen (secondary N) is 1. The summed E-state index contributed by atoms with van der Waals surface area (Å²) in [4.78, 5) is 31.1. The van der Waals surface area contributed by atoms with Crippen molar-refractivity contribution >= 4 is 33.7 Å². The van der Waals surface area contributed by atoms with Crippen LogP contribution >= 0.6 is 0 Å². The van der Waals surface area contributed by atoms with Crippen molar-refractivity contribution in [3.8, 4) is 0 Å². The lowest BCUT2D eigenvalue weighted by Gasteiger charge is -2.28. The molecule has 2 saturated heterocycles. The van der Waals surface area contributed by atoms with Crippen molar-refractivity contribution in [3.63, 3.8) is 0 Å². The lowest BCUT2D eigenvalue weighted by Crippen LogP contribution is -2.41. The zero-order valence-corrected chi connectivity index (χ0v) is 18.8. The molecular weight excluding hydrogens is 428 g/mol. The van der Waals surface area contributed by atoms with Crippen LogP contribution in [0.5, 0.6) is 0 Å². The molecule has 1 saturated carbocycles. The Hall–Kier alpha value is -3.75. The van der Waals surface area contributed by atoms with E-state index in [1.807, 2.05) is 41.9 Å². The molecular formula is C25H24N8O. The summed E-state index contributed by atoms with van der Waals surface area (Å²) >= 11 is 0. The molecule has 1 aromatic carbocycles. The summed E-state index contributed by atoms with van der Waals surface area (Å²) in [6.07, 6.45) is 8.82. The van der Waals surface area contributed by atoms with E-state index < -0.39 is 11.1 Å². The first-order valence-electron chi connectivity index (χ1n) is 11.8. The summed E-state index contributed by atoms with van der Waals surface area (Å²) in [6.45, 7) is 0. The van der Waals surface area contributed by atoms with Crippen molar-refractivity contribution in [3.05, 3.63) is 60.4 Å². The Balaban J connectivity index is 1.24. The second-order valence-electron chi connectivity index (χ2n) is 10.1. The summed E-state index contributed by atoms with van der Waals surface area (Å²) in [6, 6.07) is 9.55. The minimum atomic E-state index is -0.595. The molecule has 0 radical (unpaired) electrons. The molecule has 1 N–H and O–H groups in total. The second kappa shape index (κ2) is 6.65. The Kier molecular flexibility index (Phi) is 3.85. The quantitative estimate of drug-likeness (QED) is 0.474. The Morgan fingerprint density at radius 2 is 2.00 bits per heavy atom. The number of pyridine rings is 1. The number of anilines is 1. The third kappa shape index (κ3) is 2.36. The Bertz CT molecular complexity index is 1490. The van der Waals surface area contributed by atoms with Gasteiger partial charge in [0, 0.05) is 43.3 Å². The highest BCUT2D eigenvalue weighted by Gasteiger charge is 2.77. The van der Waals surface area contributed by atoms with Crippen LogP contribution in [0.4, 0.5) is 5.69 Å². The largest absolute Gasteiger partial charge is 0.505 e. The standard InChI is InChI=1S/C25H24N8O/c1-32-22-20(13-27-14-29-22)31-23(32)25-15-7-8-16(25)11-24(10-15,33(25)26)12-21(34)30-19-6-2-5-18-17(19)4-3-9-28-18/h2-6,9,13-16H,7-8,10-12H2,1H3,(H,30,34). The van der Waals surface area contributed by atoms with E-state index in [4.69, 9.17) is 4.98 Å². The zero-order valence-electron chi connectivity index (χ0n) is 18.8. The van der Waals surface area contributed by atoms with E-state index in [2.05, 4.69) is 20.3 Å². The molecule has 0 spiro atoms. The van der Waals surface area contributed by atoms with Crippen LogP contribution in [0.15, 0.2) is 49.1 Å². The van der Waals surface area contributed by atoms with E-state index in [1.54, 1.807) is 12.4 Å². The Morgan fingerprint density at radius 1 is 1.18 bits per heavy atom. The van der Waals surface area contributed by atoms with Crippen molar-refractivity contribution in [1.29, 1.82) is 0 Å². The average Bonchev–Trinajstić information content (AvgIpc) is 3.44. The highest BCUT2D eigenvalue weighted by molar-refractivity contribution is 6.01. The molecule has 2 unspecified atom stereocenters. The van der Waals surface area contributed by atoms with E-state index in [0.29, 0.717) is 0 Å². The van der Waals surface area contributed by atoms with E-state index in [9.17, 15) is 10.3 Å². The first-order valence-corrected chi connectivity index (χ1v) is 11.8. The number of aryl methyl sites for hydroxylation is 1. The van der Waals surface area contributed by atoms with E-state index >= 15 is 0 Å². The Morgan fingerprint density at radius 3 is 2.79 bits per heavy atom. The fraction of sp³-hybridized carbons (Fsp3) is 0.400. The van der Waals surface area contributed by atoms with Gasteiger partial charge in [-0.25, -0.2) is 15.0 Å². The van der Waals surface area contributed by atoms with Crippen molar-refractivity contribution in [1.82, 2.24) is 24.5 Å². The van der Waals surface area contributed by atoms with Crippen LogP contribution in [0.25, 0.3) is 27.6 Å². The number of nitrogens with zero attached hydrogens (tertiary/aromatic N) is 7. The van der Waals surface area contributed by atoms with Gasteiger partial charge in [-0.05, 0) is 37.1 Å². The molecule has 3 aromatic heterocycles. The van der Waals surface area contributed by atoms with Gasteiger partial charge >= 0.3 is 0 Å². The molecule has 9 nitrogen and oxygen atoms in total. The predicted molar refractivity (Wildman–Crippen MR) is 125 cm³/mol. The zero-order chi connectivity index (χ0) is 23.1. The molecule has 1 aliphatic carbocycles. The maximum absolute atomic E-state index is 13.3. The van der Waals surface area contributed by atoms with Crippen molar-refractivity contribution in [2.24, 2.45) is 18.9 Å². The van der Waals surface area contributed by atoms with Gasteiger partial charge in [0.2, 0.25) is 11.4 Å². The van der Waals surface area contributed by atoms with Crippen LogP contribution in [0, 0.1) is 11.8 Å². The first-order chi connectivity index (χ1) is 16.5. The van der Waals surface area contributed by atoms with Crippen LogP contribution in [-0.4, -0.2) is 40.6 Å². The third-order valence-electron chi connectivity index (χ3n) is 8.46. The molecule has 3 aliphatic rings. The van der Waals surface area contributed by atoms with E-state index in [0.717, 1.165) is 59.3 Å². The number of hydrogen-bond donors (Lipinski definition) is 1. The van der Waals surface area contributed by atoms with E-state index in [1.165, 1.54) is 11.0 Å². The molecule has 7 rings (SSSR count). The number of aromatic nitrogens is 5. The minimum absolute atomic E-state index is 0.0941. The van der Waals surface area contributed by atoms with Gasteiger partial charge in [0.15, 0.2) is 17.0 Å². The van der Waals surface area contributed by atoms with Gasteiger partial charge in [-0.2, -0.15) is 0 Å². The van der Waals surface area contributed by atoms with Crippen LogP contribution in [0.1, 0.15) is 37.9 Å². The van der Waals surface area contributed by atoms with Gasteiger partial charge in [0.05, 0.1) is 23.8 Å². The summed E-state index contributed by atoms with van der Waals surface area (Å²) in [7, 11) is 1.96. The van der Waals surface area contributed by atoms with Crippen LogP contribution in [0.2, 0.25) is 0 Å². The molecule has 2 aliphatic heterocycles. The maximum Gasteiger partial charge on any atom is 0.231 e. The minimum Gasteiger partial charge on any atom is -0.505 e. The fourth-order valence-corrected chi connectivity index (χ4v) is 7.29. The fourth-order valence-electron chi connectivity index (χ4n) is 7.29. The lowest BCUT2D eigenvalue weighted by molar-refractivity contribution is -0.661. The number of carbonyl (C=O) groups excluding carboxylic acids is 1. The van der Waals surface area contributed by atoms with Gasteiger partial charge in [-0.3, -0.25) is 9.78 Å². The summed E-state index contributed by atoms with van der Waals surface area (Å²) < 4.78 is 3.51. The molecule has 4 aromatic rings. The van der Waals surface area contributed by atoms with Gasteiger partial charge in [0.25, 0.3) is 0 Å². The van der Waals surface area contributed by atoms with Crippen LogP contribution in [-0.2, 0) is 17.4 Å². The molecule has 5 heterocycles. The highest BCUT2D eigenvalue weighted by Crippen LogP contribution is 2.68. The van der Waals surface area contributed by atoms with Crippen molar-refractivity contribution in [2.45, 2.75) is 43.2 Å². The average molecular weight is 453 g/mol. The van der Waals surface area contributed by atoms with Crippen LogP contribution < -0.4 is 5.32 Å². The summed E-state index contributed by atoms with van der Waals surface area (Å²) in [5.74, 6) is 1.23. The maximum atomic E-state index is 13.3. The smallest absolute Gasteiger partial charge is 0.231 e. The SMILES string of the molecule is Cn1c(C23C4CCC2CC(CC(=O)Nc2cccc5ncccc25)(C4)[N+]3=[N-])nc2cncnc21. The summed E-state index contributed by atoms with van der Waals surface area (Å²) in [5, 5.41) is 4.00. The van der Waals surface area contributed by atoms with Crippen molar-refractivity contribution < 1.29 is 9.49 Å². The van der Waals surface area contributed by atoms with Gasteiger partial charge < -0.3 is 20.1 Å². The molecule has 170 valence electrons. The van der Waals surface area contributed by atoms with Gasteiger partial charge in [-0.15, -0.1) is 0 Å². The number of fused-ring (bicyclic) bond motifs is 3. The van der Waals surface area contributed by atoms with Crippen LogP contribution in [0.3, 0.4) is 0 Å². The lowest BCUT2D eigenvalue weighted by atomic mass is 9.71. The number of imidazole rings is 1. The molecule has 3 fully saturated rings. The normalized spacial score (nSPS) is 29.4. The number of benzene rings is 1. The first kappa shape index (κ1) is 19.7. The summed E-state index contributed by atoms with van der Waals surface area (Å²) in [5.41, 5.74) is 13.7. The number of carbonyl (C=O) groups is 1. The number of amides is 1. The monoisotopic (exact) mass is 452 g/mol. The molecule has 2 bridgehead atoms. The molecule has 9 heteroatoms. The molecule has 1 amide bonds.